The fourth-order valence-electron chi connectivity index (χ4n) is 3.48. The Bertz CT molecular complexity index is 1420. The number of hydrogen-bond acceptors (Lipinski definition) is 9. The van der Waals surface area contributed by atoms with Crippen molar-refractivity contribution in [2.24, 2.45) is 0 Å². The Morgan fingerprint density at radius 2 is 2.09 bits per heavy atom. The van der Waals surface area contributed by atoms with Gasteiger partial charge in [-0.25, -0.2) is 14.5 Å². The predicted molar refractivity (Wildman–Crippen MR) is 126 cm³/mol. The summed E-state index contributed by atoms with van der Waals surface area (Å²) < 4.78 is 19.4. The standard InChI is InChI=1S/C23H23N5O4S/c1-14-4-5-22-25-18(11-28(22)26-14)21-10-17-19(8-16(30-3)9-20(17)32-21)31-12-15-13-33-23(24-15)27(2)6-7-29/h4-5,8-11,13,29H,6-7,12H2,1-3H3. The van der Waals surface area contributed by atoms with Crippen LogP contribution in [0.1, 0.15) is 11.4 Å². The SMILES string of the molecule is COc1cc(OCc2csc(N(C)CCO)n2)c2cc(-c3cn4nc(C)ccc4n3)oc2c1. The molecule has 9 nitrogen and oxygen atoms in total. The van der Waals surface area contributed by atoms with Gasteiger partial charge in [0.05, 0.1) is 36.7 Å². The van der Waals surface area contributed by atoms with Gasteiger partial charge in [0.2, 0.25) is 0 Å². The van der Waals surface area contributed by atoms with Crippen molar-refractivity contribution in [3.8, 4) is 23.0 Å². The number of aromatic nitrogens is 4. The molecule has 0 bridgehead atoms. The Balaban J connectivity index is 1.45. The first-order valence-corrected chi connectivity index (χ1v) is 11.3. The van der Waals surface area contributed by atoms with Crippen LogP contribution in [-0.2, 0) is 6.61 Å². The maximum atomic E-state index is 9.12. The first kappa shape index (κ1) is 21.2. The zero-order valence-corrected chi connectivity index (χ0v) is 19.3. The lowest BCUT2D eigenvalue weighted by molar-refractivity contribution is 0.302. The number of aliphatic hydroxyl groups is 1. The molecule has 0 fully saturated rings. The van der Waals surface area contributed by atoms with Crippen molar-refractivity contribution >= 4 is 33.1 Å². The van der Waals surface area contributed by atoms with E-state index in [1.807, 2.05) is 60.8 Å². The molecule has 0 unspecified atom stereocenters. The van der Waals surface area contributed by atoms with E-state index in [1.54, 1.807) is 11.6 Å². The van der Waals surface area contributed by atoms with E-state index in [2.05, 4.69) is 15.1 Å². The quantitative estimate of drug-likeness (QED) is 0.368. The molecule has 0 aliphatic rings. The summed E-state index contributed by atoms with van der Waals surface area (Å²) in [5.41, 5.74) is 3.79. The van der Waals surface area contributed by atoms with Crippen LogP contribution in [0.2, 0.25) is 0 Å². The first-order valence-electron chi connectivity index (χ1n) is 10.4. The molecule has 4 heterocycles. The number of methoxy groups -OCH3 is 1. The lowest BCUT2D eigenvalue weighted by atomic mass is 10.2. The van der Waals surface area contributed by atoms with Gasteiger partial charge in [-0.3, -0.25) is 0 Å². The van der Waals surface area contributed by atoms with E-state index >= 15 is 0 Å². The van der Waals surface area contributed by atoms with E-state index in [9.17, 15) is 0 Å². The number of ether oxygens (including phenoxy) is 2. The van der Waals surface area contributed by atoms with E-state index in [0.29, 0.717) is 41.7 Å². The van der Waals surface area contributed by atoms with Gasteiger partial charge in [0.25, 0.3) is 0 Å². The molecule has 0 atom stereocenters. The van der Waals surface area contributed by atoms with Crippen LogP contribution in [0.3, 0.4) is 0 Å². The number of imidazole rings is 1. The van der Waals surface area contributed by atoms with Crippen molar-refractivity contribution in [1.82, 2.24) is 19.6 Å². The highest BCUT2D eigenvalue weighted by molar-refractivity contribution is 7.13. The minimum absolute atomic E-state index is 0.0779. The third kappa shape index (κ3) is 4.22. The second-order valence-electron chi connectivity index (χ2n) is 7.61. The maximum absolute atomic E-state index is 9.12. The third-order valence-corrected chi connectivity index (χ3v) is 6.20. The number of thiazole rings is 1. The van der Waals surface area contributed by atoms with Crippen molar-refractivity contribution in [2.45, 2.75) is 13.5 Å². The second kappa shape index (κ2) is 8.72. The van der Waals surface area contributed by atoms with Gasteiger partial charge in [0, 0.05) is 31.1 Å². The van der Waals surface area contributed by atoms with Gasteiger partial charge in [0.15, 0.2) is 16.5 Å². The Labute approximate surface area is 193 Å². The van der Waals surface area contributed by atoms with Crippen LogP contribution in [0.5, 0.6) is 11.5 Å². The molecular formula is C23H23N5O4S. The molecule has 33 heavy (non-hydrogen) atoms. The highest BCUT2D eigenvalue weighted by atomic mass is 32.1. The summed E-state index contributed by atoms with van der Waals surface area (Å²) in [5.74, 6) is 1.88. The molecule has 1 aromatic carbocycles. The summed E-state index contributed by atoms with van der Waals surface area (Å²) in [5, 5.41) is 17.2. The van der Waals surface area contributed by atoms with Crippen LogP contribution in [-0.4, -0.2) is 52.0 Å². The van der Waals surface area contributed by atoms with Gasteiger partial charge >= 0.3 is 0 Å². The van der Waals surface area contributed by atoms with Crippen LogP contribution in [0.4, 0.5) is 5.13 Å². The maximum Gasteiger partial charge on any atom is 0.185 e. The summed E-state index contributed by atoms with van der Waals surface area (Å²) in [7, 11) is 3.50. The fraction of sp³-hybridized carbons (Fsp3) is 0.261. The van der Waals surface area contributed by atoms with Crippen molar-refractivity contribution in [3.63, 3.8) is 0 Å². The van der Waals surface area contributed by atoms with E-state index in [0.717, 1.165) is 27.6 Å². The molecule has 5 rings (SSSR count). The second-order valence-corrected chi connectivity index (χ2v) is 8.44. The van der Waals surface area contributed by atoms with E-state index < -0.39 is 0 Å². The Morgan fingerprint density at radius 1 is 1.21 bits per heavy atom. The van der Waals surface area contributed by atoms with Crippen LogP contribution in [0.15, 0.2) is 46.3 Å². The number of anilines is 1. The average Bonchev–Trinajstić information content (AvgIpc) is 3.54. The lowest BCUT2D eigenvalue weighted by Crippen LogP contribution is -2.20. The van der Waals surface area contributed by atoms with Crippen LogP contribution in [0.25, 0.3) is 28.1 Å². The number of nitrogens with zero attached hydrogens (tertiary/aromatic N) is 5. The molecule has 10 heteroatoms. The molecule has 1 N–H and O–H groups in total. The van der Waals surface area contributed by atoms with Gasteiger partial charge in [-0.05, 0) is 25.1 Å². The summed E-state index contributed by atoms with van der Waals surface area (Å²) in [6.45, 7) is 2.84. The molecule has 4 aromatic heterocycles. The summed E-state index contributed by atoms with van der Waals surface area (Å²) >= 11 is 1.51. The summed E-state index contributed by atoms with van der Waals surface area (Å²) in [6.07, 6.45) is 1.84. The number of aryl methyl sites for hydroxylation is 1. The van der Waals surface area contributed by atoms with E-state index in [-0.39, 0.29) is 6.61 Å². The highest BCUT2D eigenvalue weighted by Gasteiger charge is 2.16. The highest BCUT2D eigenvalue weighted by Crippen LogP contribution is 2.37. The number of hydrogen-bond donors (Lipinski definition) is 1. The predicted octanol–water partition coefficient (Wildman–Crippen LogP) is 3.92. The van der Waals surface area contributed by atoms with Crippen LogP contribution in [0, 0.1) is 6.92 Å². The zero-order valence-electron chi connectivity index (χ0n) is 18.5. The lowest BCUT2D eigenvalue weighted by Gasteiger charge is -2.13. The molecule has 0 saturated heterocycles. The van der Waals surface area contributed by atoms with Crippen molar-refractivity contribution in [2.75, 3.05) is 32.2 Å². The molecular weight excluding hydrogens is 442 g/mol. The van der Waals surface area contributed by atoms with Gasteiger partial charge < -0.3 is 23.9 Å². The zero-order chi connectivity index (χ0) is 22.9. The summed E-state index contributed by atoms with van der Waals surface area (Å²) in [4.78, 5) is 11.1. The number of aliphatic hydroxyl groups excluding tert-OH is 1. The largest absolute Gasteiger partial charge is 0.496 e. The molecule has 0 aliphatic carbocycles. The Hall–Kier alpha value is -3.63. The number of benzene rings is 1. The molecule has 0 spiro atoms. The molecule has 0 saturated carbocycles. The van der Waals surface area contributed by atoms with Gasteiger partial charge in [-0.15, -0.1) is 11.3 Å². The first-order chi connectivity index (χ1) is 16.0. The number of furan rings is 1. The minimum Gasteiger partial charge on any atom is -0.496 e. The van der Waals surface area contributed by atoms with Crippen molar-refractivity contribution in [3.05, 3.63) is 53.3 Å². The van der Waals surface area contributed by atoms with Gasteiger partial charge in [-0.2, -0.15) is 5.10 Å². The van der Waals surface area contributed by atoms with E-state index in [1.165, 1.54) is 11.3 Å². The topological polar surface area (TPSA) is 98.2 Å². The summed E-state index contributed by atoms with van der Waals surface area (Å²) in [6, 6.07) is 9.43. The van der Waals surface area contributed by atoms with Crippen LogP contribution >= 0.6 is 11.3 Å². The molecule has 0 aliphatic heterocycles. The Kier molecular flexibility index (Phi) is 5.61. The van der Waals surface area contributed by atoms with Crippen molar-refractivity contribution in [1.29, 1.82) is 0 Å². The smallest absolute Gasteiger partial charge is 0.185 e. The number of rotatable bonds is 8. The normalized spacial score (nSPS) is 11.4. The number of fused-ring (bicyclic) bond motifs is 2. The molecule has 5 aromatic rings. The van der Waals surface area contributed by atoms with Crippen molar-refractivity contribution < 1.29 is 19.0 Å². The average molecular weight is 466 g/mol. The minimum atomic E-state index is 0.0779. The van der Waals surface area contributed by atoms with Crippen LogP contribution < -0.4 is 14.4 Å². The fourth-order valence-corrected chi connectivity index (χ4v) is 4.28. The van der Waals surface area contributed by atoms with Gasteiger partial charge in [-0.1, -0.05) is 0 Å². The van der Waals surface area contributed by atoms with Gasteiger partial charge in [0.1, 0.15) is 29.4 Å². The Morgan fingerprint density at radius 3 is 2.91 bits per heavy atom. The third-order valence-electron chi connectivity index (χ3n) is 5.19. The van der Waals surface area contributed by atoms with E-state index in [4.69, 9.17) is 19.0 Å². The molecule has 170 valence electrons. The molecule has 0 amide bonds. The monoisotopic (exact) mass is 465 g/mol. The number of likely N-dealkylation sites (N-methyl/N-ethyl adjacent to an activating group) is 1. The molecule has 0 radical (unpaired) electrons.